The van der Waals surface area contributed by atoms with Crippen molar-refractivity contribution < 1.29 is 9.53 Å². The fraction of sp³-hybridized carbons (Fsp3) is 0.300. The molecule has 84 valence electrons. The maximum absolute atomic E-state index is 11.7. The van der Waals surface area contributed by atoms with Crippen LogP contribution < -0.4 is 0 Å². The Kier molecular flexibility index (Phi) is 2.78. The maximum Gasteiger partial charge on any atom is 0.342 e. The Bertz CT molecular complexity index is 550. The highest BCUT2D eigenvalue weighted by atomic mass is 35.5. The van der Waals surface area contributed by atoms with Crippen LogP contribution in [0.4, 0.5) is 0 Å². The SMILES string of the molecule is CCOC(=O)c1c(C)[nH]c2cnc(Cl)nc12. The minimum atomic E-state index is -0.402. The number of H-pyrrole nitrogens is 1. The molecule has 5 nitrogen and oxygen atoms in total. The van der Waals surface area contributed by atoms with Gasteiger partial charge in [-0.15, -0.1) is 0 Å². The largest absolute Gasteiger partial charge is 0.462 e. The van der Waals surface area contributed by atoms with Crippen LogP contribution in [-0.4, -0.2) is 27.5 Å². The van der Waals surface area contributed by atoms with Crippen molar-refractivity contribution in [2.45, 2.75) is 13.8 Å². The van der Waals surface area contributed by atoms with Crippen LogP contribution in [-0.2, 0) is 4.74 Å². The van der Waals surface area contributed by atoms with Gasteiger partial charge in [-0.2, -0.15) is 0 Å². The summed E-state index contributed by atoms with van der Waals surface area (Å²) in [6.45, 7) is 3.86. The molecule has 1 N–H and O–H groups in total. The van der Waals surface area contributed by atoms with Crippen molar-refractivity contribution in [2.75, 3.05) is 6.61 Å². The van der Waals surface area contributed by atoms with Crippen molar-refractivity contribution in [3.8, 4) is 0 Å². The van der Waals surface area contributed by atoms with Gasteiger partial charge < -0.3 is 9.72 Å². The van der Waals surface area contributed by atoms with E-state index >= 15 is 0 Å². The van der Waals surface area contributed by atoms with Crippen molar-refractivity contribution in [3.05, 3.63) is 22.7 Å². The Morgan fingerprint density at radius 1 is 1.62 bits per heavy atom. The van der Waals surface area contributed by atoms with Crippen LogP contribution in [0.5, 0.6) is 0 Å². The number of carbonyl (C=O) groups excluding carboxylic acids is 1. The number of hydrogen-bond donors (Lipinski definition) is 1. The van der Waals surface area contributed by atoms with Gasteiger partial charge in [0.1, 0.15) is 11.1 Å². The number of nitrogens with zero attached hydrogens (tertiary/aromatic N) is 2. The number of halogens is 1. The van der Waals surface area contributed by atoms with Gasteiger partial charge in [0.2, 0.25) is 5.28 Å². The molecule has 2 aromatic heterocycles. The predicted octanol–water partition coefficient (Wildman–Crippen LogP) is 2.10. The molecule has 0 spiro atoms. The summed E-state index contributed by atoms with van der Waals surface area (Å²) >= 11 is 5.69. The molecule has 6 heteroatoms. The zero-order valence-corrected chi connectivity index (χ0v) is 9.63. The molecule has 0 fully saturated rings. The first-order valence-electron chi connectivity index (χ1n) is 4.81. The van der Waals surface area contributed by atoms with E-state index in [0.717, 1.165) is 0 Å². The second kappa shape index (κ2) is 4.09. The summed E-state index contributed by atoms with van der Waals surface area (Å²) in [4.78, 5) is 22.6. The molecule has 0 unspecified atom stereocenters. The first kappa shape index (κ1) is 10.9. The molecule has 0 atom stereocenters. The van der Waals surface area contributed by atoms with E-state index in [0.29, 0.717) is 28.9 Å². The first-order valence-corrected chi connectivity index (χ1v) is 5.19. The fourth-order valence-electron chi connectivity index (χ4n) is 1.54. The molecule has 0 aliphatic rings. The highest BCUT2D eigenvalue weighted by Gasteiger charge is 2.18. The van der Waals surface area contributed by atoms with Gasteiger partial charge in [0.25, 0.3) is 0 Å². The van der Waals surface area contributed by atoms with E-state index in [9.17, 15) is 4.79 Å². The van der Waals surface area contributed by atoms with Gasteiger partial charge in [0, 0.05) is 5.69 Å². The van der Waals surface area contributed by atoms with Crippen LogP contribution in [0.1, 0.15) is 23.0 Å². The number of esters is 1. The van der Waals surface area contributed by atoms with E-state index in [1.165, 1.54) is 0 Å². The average molecular weight is 240 g/mol. The van der Waals surface area contributed by atoms with E-state index in [4.69, 9.17) is 16.3 Å². The number of aromatic nitrogens is 3. The van der Waals surface area contributed by atoms with Crippen molar-refractivity contribution in [3.63, 3.8) is 0 Å². The highest BCUT2D eigenvalue weighted by molar-refractivity contribution is 6.28. The van der Waals surface area contributed by atoms with Crippen molar-refractivity contribution in [1.29, 1.82) is 0 Å². The Morgan fingerprint density at radius 3 is 3.06 bits per heavy atom. The molecule has 0 radical (unpaired) electrons. The molecule has 0 amide bonds. The minimum Gasteiger partial charge on any atom is -0.462 e. The van der Waals surface area contributed by atoms with Gasteiger partial charge >= 0.3 is 5.97 Å². The lowest BCUT2D eigenvalue weighted by Crippen LogP contribution is -2.06. The normalized spacial score (nSPS) is 10.7. The Hall–Kier alpha value is -1.62. The predicted molar refractivity (Wildman–Crippen MR) is 59.6 cm³/mol. The summed E-state index contributed by atoms with van der Waals surface area (Å²) in [6, 6.07) is 0. The zero-order valence-electron chi connectivity index (χ0n) is 8.87. The molecule has 2 heterocycles. The van der Waals surface area contributed by atoms with Gasteiger partial charge in [-0.25, -0.2) is 14.8 Å². The first-order chi connectivity index (χ1) is 7.63. The van der Waals surface area contributed by atoms with E-state index in [1.54, 1.807) is 20.0 Å². The topological polar surface area (TPSA) is 67.9 Å². The zero-order chi connectivity index (χ0) is 11.7. The fourth-order valence-corrected chi connectivity index (χ4v) is 1.67. The molecule has 0 aromatic carbocycles. The van der Waals surface area contributed by atoms with Gasteiger partial charge in [0.15, 0.2) is 0 Å². The molecule has 0 saturated carbocycles. The van der Waals surface area contributed by atoms with E-state index < -0.39 is 5.97 Å². The van der Waals surface area contributed by atoms with Gasteiger partial charge in [-0.1, -0.05) is 0 Å². The van der Waals surface area contributed by atoms with Gasteiger partial charge in [-0.05, 0) is 25.4 Å². The number of aromatic amines is 1. The molecule has 0 aliphatic heterocycles. The van der Waals surface area contributed by atoms with Crippen molar-refractivity contribution in [1.82, 2.24) is 15.0 Å². The molecule has 0 saturated heterocycles. The number of carbonyl (C=O) groups is 1. The minimum absolute atomic E-state index is 0.108. The summed E-state index contributed by atoms with van der Waals surface area (Å²) in [5.74, 6) is -0.402. The van der Waals surface area contributed by atoms with Gasteiger partial charge in [-0.3, -0.25) is 0 Å². The molecule has 0 aliphatic carbocycles. The average Bonchev–Trinajstić information content (AvgIpc) is 2.53. The highest BCUT2D eigenvalue weighted by Crippen LogP contribution is 2.21. The third kappa shape index (κ3) is 1.74. The summed E-state index contributed by atoms with van der Waals surface area (Å²) in [7, 11) is 0. The molecular weight excluding hydrogens is 230 g/mol. The van der Waals surface area contributed by atoms with Crippen molar-refractivity contribution in [2.24, 2.45) is 0 Å². The number of rotatable bonds is 2. The number of hydrogen-bond acceptors (Lipinski definition) is 4. The summed E-state index contributed by atoms with van der Waals surface area (Å²) in [5, 5.41) is 0.108. The summed E-state index contributed by atoms with van der Waals surface area (Å²) in [6.07, 6.45) is 1.54. The summed E-state index contributed by atoms with van der Waals surface area (Å²) < 4.78 is 4.95. The monoisotopic (exact) mass is 239 g/mol. The molecular formula is C10H10ClN3O2. The number of aryl methyl sites for hydroxylation is 1. The molecule has 2 rings (SSSR count). The lowest BCUT2D eigenvalue weighted by atomic mass is 10.2. The van der Waals surface area contributed by atoms with Crippen LogP contribution >= 0.6 is 11.6 Å². The smallest absolute Gasteiger partial charge is 0.342 e. The Morgan fingerprint density at radius 2 is 2.38 bits per heavy atom. The van der Waals surface area contributed by atoms with Crippen LogP contribution in [0.2, 0.25) is 5.28 Å². The lowest BCUT2D eigenvalue weighted by molar-refractivity contribution is 0.0527. The number of ether oxygens (including phenoxy) is 1. The maximum atomic E-state index is 11.7. The van der Waals surface area contributed by atoms with Gasteiger partial charge in [0.05, 0.1) is 18.3 Å². The number of fused-ring (bicyclic) bond motifs is 1. The molecule has 0 bridgehead atoms. The third-order valence-corrected chi connectivity index (χ3v) is 2.35. The second-order valence-electron chi connectivity index (χ2n) is 3.25. The Labute approximate surface area is 96.8 Å². The Balaban J connectivity index is 2.62. The van der Waals surface area contributed by atoms with Crippen LogP contribution in [0.3, 0.4) is 0 Å². The van der Waals surface area contributed by atoms with E-state index in [-0.39, 0.29) is 5.28 Å². The van der Waals surface area contributed by atoms with E-state index in [2.05, 4.69) is 15.0 Å². The summed E-state index contributed by atoms with van der Waals surface area (Å²) in [5.41, 5.74) is 2.28. The second-order valence-corrected chi connectivity index (χ2v) is 3.58. The molecule has 16 heavy (non-hydrogen) atoms. The molecule has 2 aromatic rings. The lowest BCUT2D eigenvalue weighted by Gasteiger charge is -2.00. The quantitative estimate of drug-likeness (QED) is 0.644. The standard InChI is InChI=1S/C10H10ClN3O2/c1-3-16-9(15)7-5(2)13-6-4-12-10(11)14-8(6)7/h4,13H,3H2,1-2H3. The van der Waals surface area contributed by atoms with Crippen LogP contribution in [0.15, 0.2) is 6.20 Å². The van der Waals surface area contributed by atoms with Crippen molar-refractivity contribution >= 4 is 28.6 Å². The van der Waals surface area contributed by atoms with Crippen LogP contribution in [0.25, 0.3) is 11.0 Å². The third-order valence-electron chi connectivity index (χ3n) is 2.17. The van der Waals surface area contributed by atoms with Crippen LogP contribution in [0, 0.1) is 6.92 Å². The number of nitrogens with one attached hydrogen (secondary N) is 1. The van der Waals surface area contributed by atoms with E-state index in [1.807, 2.05) is 0 Å².